The fourth-order valence-corrected chi connectivity index (χ4v) is 4.13. The molecule has 0 radical (unpaired) electrons. The molecule has 0 bridgehead atoms. The highest BCUT2D eigenvalue weighted by molar-refractivity contribution is 7.99. The van der Waals surface area contributed by atoms with Crippen molar-refractivity contribution in [3.8, 4) is 0 Å². The highest BCUT2D eigenvalue weighted by atomic mass is 32.2. The molecule has 100 valence electrons. The van der Waals surface area contributed by atoms with Gasteiger partial charge >= 0.3 is 0 Å². The van der Waals surface area contributed by atoms with E-state index in [9.17, 15) is 0 Å². The van der Waals surface area contributed by atoms with Crippen LogP contribution in [-0.4, -0.2) is 61.8 Å². The van der Waals surface area contributed by atoms with Gasteiger partial charge in [0.25, 0.3) is 0 Å². The van der Waals surface area contributed by atoms with Crippen molar-refractivity contribution in [3.05, 3.63) is 0 Å². The Balaban J connectivity index is 1.66. The van der Waals surface area contributed by atoms with Crippen LogP contribution in [0.15, 0.2) is 0 Å². The smallest absolute Gasteiger partial charge is 0.0594 e. The third kappa shape index (κ3) is 4.12. The van der Waals surface area contributed by atoms with E-state index < -0.39 is 0 Å². The Hall–Kier alpha value is 0.230. The Morgan fingerprint density at radius 1 is 1.35 bits per heavy atom. The number of thioether (sulfide) groups is 1. The summed E-state index contributed by atoms with van der Waals surface area (Å²) >= 11 is 2.10. The van der Waals surface area contributed by atoms with Gasteiger partial charge in [-0.3, -0.25) is 4.90 Å². The van der Waals surface area contributed by atoms with Gasteiger partial charge in [0.1, 0.15) is 0 Å². The first kappa shape index (κ1) is 13.7. The van der Waals surface area contributed by atoms with Gasteiger partial charge in [-0.05, 0) is 17.6 Å². The van der Waals surface area contributed by atoms with Gasteiger partial charge < -0.3 is 10.1 Å². The fraction of sp³-hybridized carbons (Fsp3) is 1.00. The zero-order valence-corrected chi connectivity index (χ0v) is 12.0. The van der Waals surface area contributed by atoms with Gasteiger partial charge in [0.15, 0.2) is 0 Å². The summed E-state index contributed by atoms with van der Waals surface area (Å²) in [6.45, 7) is 11.1. The Kier molecular flexibility index (Phi) is 5.15. The maximum absolute atomic E-state index is 5.36. The molecular weight excluding hydrogens is 232 g/mol. The third-order valence-corrected chi connectivity index (χ3v) is 5.10. The first-order chi connectivity index (χ1) is 8.18. The van der Waals surface area contributed by atoms with E-state index in [1.54, 1.807) is 0 Å². The van der Waals surface area contributed by atoms with Crippen molar-refractivity contribution >= 4 is 11.8 Å². The van der Waals surface area contributed by atoms with Crippen molar-refractivity contribution < 1.29 is 4.74 Å². The van der Waals surface area contributed by atoms with E-state index in [1.165, 1.54) is 24.5 Å². The molecule has 17 heavy (non-hydrogen) atoms. The van der Waals surface area contributed by atoms with Crippen LogP contribution in [0.25, 0.3) is 0 Å². The lowest BCUT2D eigenvalue weighted by molar-refractivity contribution is 0.0376. The van der Waals surface area contributed by atoms with E-state index in [1.807, 2.05) is 0 Å². The molecule has 0 amide bonds. The summed E-state index contributed by atoms with van der Waals surface area (Å²) in [6, 6.07) is 0.683. The molecule has 2 saturated heterocycles. The Morgan fingerprint density at radius 2 is 2.12 bits per heavy atom. The Morgan fingerprint density at radius 3 is 2.82 bits per heavy atom. The highest BCUT2D eigenvalue weighted by Gasteiger charge is 2.31. The van der Waals surface area contributed by atoms with Crippen LogP contribution in [0.1, 0.15) is 20.3 Å². The minimum atomic E-state index is 0.469. The lowest BCUT2D eigenvalue weighted by Gasteiger charge is -2.39. The van der Waals surface area contributed by atoms with Crippen LogP contribution < -0.4 is 5.32 Å². The van der Waals surface area contributed by atoms with Crippen molar-refractivity contribution in [2.45, 2.75) is 26.3 Å². The zero-order valence-electron chi connectivity index (χ0n) is 11.2. The van der Waals surface area contributed by atoms with Crippen LogP contribution in [0.2, 0.25) is 0 Å². The van der Waals surface area contributed by atoms with Crippen LogP contribution in [0.3, 0.4) is 0 Å². The molecule has 0 aromatic heterocycles. The van der Waals surface area contributed by atoms with Gasteiger partial charge in [0, 0.05) is 38.0 Å². The molecule has 2 aliphatic rings. The number of rotatable bonds is 4. The Bertz CT molecular complexity index is 229. The average Bonchev–Trinajstić information content (AvgIpc) is 2.32. The molecule has 2 rings (SSSR count). The standard InChI is InChI=1S/C13H26N2OS/c1-13(2)3-10-17-11-12(13)14-4-5-15-6-8-16-9-7-15/h12,14H,3-11H2,1-2H3. The maximum Gasteiger partial charge on any atom is 0.0594 e. The molecule has 2 fully saturated rings. The van der Waals surface area contributed by atoms with Crippen molar-refractivity contribution in [3.63, 3.8) is 0 Å². The van der Waals surface area contributed by atoms with Gasteiger partial charge in [0.2, 0.25) is 0 Å². The molecule has 4 heteroatoms. The summed E-state index contributed by atoms with van der Waals surface area (Å²) < 4.78 is 5.36. The summed E-state index contributed by atoms with van der Waals surface area (Å²) in [6.07, 6.45) is 1.34. The summed E-state index contributed by atoms with van der Waals surface area (Å²) in [5, 5.41) is 3.76. The molecule has 1 unspecified atom stereocenters. The lowest BCUT2D eigenvalue weighted by atomic mass is 9.82. The van der Waals surface area contributed by atoms with Crippen LogP contribution in [-0.2, 0) is 4.74 Å². The molecule has 0 spiro atoms. The predicted octanol–water partition coefficient (Wildman–Crippen LogP) is 1.44. The number of hydrogen-bond acceptors (Lipinski definition) is 4. The fourth-order valence-electron chi connectivity index (χ4n) is 2.49. The summed E-state index contributed by atoms with van der Waals surface area (Å²) in [4.78, 5) is 2.50. The third-order valence-electron chi connectivity index (χ3n) is 4.04. The van der Waals surface area contributed by atoms with Gasteiger partial charge in [-0.25, -0.2) is 0 Å². The second kappa shape index (κ2) is 6.41. The molecule has 0 aliphatic carbocycles. The predicted molar refractivity (Wildman–Crippen MR) is 74.8 cm³/mol. The number of ether oxygens (including phenoxy) is 1. The zero-order chi connectivity index (χ0) is 12.1. The molecule has 1 atom stereocenters. The number of nitrogens with zero attached hydrogens (tertiary/aromatic N) is 1. The van der Waals surface area contributed by atoms with Crippen molar-refractivity contribution in [1.82, 2.24) is 10.2 Å². The van der Waals surface area contributed by atoms with Gasteiger partial charge in [-0.2, -0.15) is 11.8 Å². The molecule has 0 aromatic carbocycles. The molecular formula is C13H26N2OS. The largest absolute Gasteiger partial charge is 0.379 e. The minimum absolute atomic E-state index is 0.469. The monoisotopic (exact) mass is 258 g/mol. The second-order valence-corrected chi connectivity index (χ2v) is 6.92. The van der Waals surface area contributed by atoms with Crippen LogP contribution >= 0.6 is 11.8 Å². The van der Waals surface area contributed by atoms with Crippen LogP contribution in [0, 0.1) is 5.41 Å². The first-order valence-electron chi connectivity index (χ1n) is 6.80. The number of nitrogens with one attached hydrogen (secondary N) is 1. The number of morpholine rings is 1. The van der Waals surface area contributed by atoms with Gasteiger partial charge in [-0.15, -0.1) is 0 Å². The minimum Gasteiger partial charge on any atom is -0.379 e. The van der Waals surface area contributed by atoms with E-state index in [0.29, 0.717) is 11.5 Å². The summed E-state index contributed by atoms with van der Waals surface area (Å²) in [7, 11) is 0. The van der Waals surface area contributed by atoms with E-state index in [4.69, 9.17) is 4.74 Å². The normalized spacial score (nSPS) is 30.4. The summed E-state index contributed by atoms with van der Waals surface area (Å²) in [5.74, 6) is 2.60. The average molecular weight is 258 g/mol. The molecule has 1 N–H and O–H groups in total. The Labute approximate surface area is 110 Å². The van der Waals surface area contributed by atoms with E-state index in [0.717, 1.165) is 32.8 Å². The van der Waals surface area contributed by atoms with Crippen molar-refractivity contribution in [2.24, 2.45) is 5.41 Å². The van der Waals surface area contributed by atoms with Crippen LogP contribution in [0.5, 0.6) is 0 Å². The van der Waals surface area contributed by atoms with E-state index >= 15 is 0 Å². The van der Waals surface area contributed by atoms with Gasteiger partial charge in [0.05, 0.1) is 13.2 Å². The SMILES string of the molecule is CC1(C)CCSCC1NCCN1CCOCC1. The summed E-state index contributed by atoms with van der Waals surface area (Å²) in [5.41, 5.74) is 0.469. The maximum atomic E-state index is 5.36. The number of hydrogen-bond donors (Lipinski definition) is 1. The van der Waals surface area contributed by atoms with Crippen LogP contribution in [0.4, 0.5) is 0 Å². The highest BCUT2D eigenvalue weighted by Crippen LogP contribution is 2.33. The van der Waals surface area contributed by atoms with Crippen molar-refractivity contribution in [2.75, 3.05) is 50.9 Å². The second-order valence-electron chi connectivity index (χ2n) is 5.77. The molecule has 0 saturated carbocycles. The van der Waals surface area contributed by atoms with Gasteiger partial charge in [-0.1, -0.05) is 13.8 Å². The first-order valence-corrected chi connectivity index (χ1v) is 7.95. The lowest BCUT2D eigenvalue weighted by Crippen LogP contribution is -2.49. The van der Waals surface area contributed by atoms with E-state index in [2.05, 4.69) is 35.8 Å². The molecule has 2 heterocycles. The quantitative estimate of drug-likeness (QED) is 0.825. The molecule has 0 aromatic rings. The van der Waals surface area contributed by atoms with Crippen molar-refractivity contribution in [1.29, 1.82) is 0 Å². The molecule has 2 aliphatic heterocycles. The van der Waals surface area contributed by atoms with E-state index in [-0.39, 0.29) is 0 Å². The molecule has 3 nitrogen and oxygen atoms in total. The topological polar surface area (TPSA) is 24.5 Å².